The highest BCUT2D eigenvalue weighted by molar-refractivity contribution is 7.08. The Labute approximate surface area is 77.3 Å². The first-order valence-corrected chi connectivity index (χ1v) is 4.96. The molecule has 3 heteroatoms. The van der Waals surface area contributed by atoms with Gasteiger partial charge in [0.05, 0.1) is 7.11 Å². The van der Waals surface area contributed by atoms with Gasteiger partial charge in [0.25, 0.3) is 0 Å². The van der Waals surface area contributed by atoms with Crippen LogP contribution in [-0.2, 0) is 0 Å². The van der Waals surface area contributed by atoms with Gasteiger partial charge in [0, 0.05) is 17.0 Å². The first kappa shape index (κ1) is 9.55. The molecule has 1 rings (SSSR count). The molecule has 2 nitrogen and oxygen atoms in total. The van der Waals surface area contributed by atoms with Crippen molar-refractivity contribution in [2.24, 2.45) is 11.7 Å². The van der Waals surface area contributed by atoms with Gasteiger partial charge in [-0.3, -0.25) is 0 Å². The number of nitrogens with two attached hydrogens (primary N) is 1. The van der Waals surface area contributed by atoms with Crippen LogP contribution >= 0.6 is 11.3 Å². The van der Waals surface area contributed by atoms with E-state index in [1.165, 1.54) is 0 Å². The van der Waals surface area contributed by atoms with Crippen molar-refractivity contribution < 1.29 is 4.74 Å². The number of hydrogen-bond acceptors (Lipinski definition) is 3. The maximum Gasteiger partial charge on any atom is 0.134 e. The van der Waals surface area contributed by atoms with Crippen LogP contribution in [0.4, 0.5) is 0 Å². The smallest absolute Gasteiger partial charge is 0.134 e. The summed E-state index contributed by atoms with van der Waals surface area (Å²) in [4.78, 5) is 0. The topological polar surface area (TPSA) is 35.2 Å². The quantitative estimate of drug-likeness (QED) is 0.785. The van der Waals surface area contributed by atoms with Gasteiger partial charge in [-0.2, -0.15) is 0 Å². The predicted molar refractivity (Wildman–Crippen MR) is 52.6 cm³/mol. The molecule has 1 heterocycles. The second-order valence-corrected chi connectivity index (χ2v) is 3.91. The Morgan fingerprint density at radius 1 is 1.42 bits per heavy atom. The molecule has 0 saturated carbocycles. The maximum absolute atomic E-state index is 5.99. The number of rotatable bonds is 3. The molecule has 0 aliphatic heterocycles. The third-order valence-electron chi connectivity index (χ3n) is 1.95. The van der Waals surface area contributed by atoms with Crippen molar-refractivity contribution in [1.29, 1.82) is 0 Å². The molecule has 0 saturated heterocycles. The molecular formula is C9H15NOS. The van der Waals surface area contributed by atoms with Crippen molar-refractivity contribution in [3.8, 4) is 5.75 Å². The molecule has 0 aromatic carbocycles. The Hall–Kier alpha value is -0.540. The van der Waals surface area contributed by atoms with E-state index in [4.69, 9.17) is 10.5 Å². The lowest BCUT2D eigenvalue weighted by Gasteiger charge is -2.15. The number of ether oxygens (including phenoxy) is 1. The van der Waals surface area contributed by atoms with E-state index in [0.717, 1.165) is 11.3 Å². The van der Waals surface area contributed by atoms with Crippen LogP contribution in [0.1, 0.15) is 25.5 Å². The van der Waals surface area contributed by atoms with Crippen LogP contribution in [0.15, 0.2) is 10.8 Å². The van der Waals surface area contributed by atoms with Crippen molar-refractivity contribution in [1.82, 2.24) is 0 Å². The molecule has 0 unspecified atom stereocenters. The summed E-state index contributed by atoms with van der Waals surface area (Å²) in [6.45, 7) is 4.23. The van der Waals surface area contributed by atoms with E-state index in [1.807, 2.05) is 5.38 Å². The standard InChI is InChI=1S/C9H15NOS/c1-6(2)9(10)7-4-12-5-8(7)11-3/h4-6,9H,10H2,1-3H3/t9-/m1/s1. The molecular weight excluding hydrogens is 170 g/mol. The number of methoxy groups -OCH3 is 1. The Morgan fingerprint density at radius 2 is 2.08 bits per heavy atom. The van der Waals surface area contributed by atoms with Gasteiger partial charge in [-0.05, 0) is 11.3 Å². The fourth-order valence-electron chi connectivity index (χ4n) is 1.06. The zero-order valence-electron chi connectivity index (χ0n) is 7.70. The Kier molecular flexibility index (Phi) is 3.12. The van der Waals surface area contributed by atoms with Gasteiger partial charge in [0.2, 0.25) is 0 Å². The molecule has 0 bridgehead atoms. The minimum Gasteiger partial charge on any atom is -0.496 e. The summed E-state index contributed by atoms with van der Waals surface area (Å²) in [5.74, 6) is 1.37. The first-order valence-electron chi connectivity index (χ1n) is 4.02. The predicted octanol–water partition coefficient (Wildman–Crippen LogP) is 2.41. The van der Waals surface area contributed by atoms with E-state index in [9.17, 15) is 0 Å². The van der Waals surface area contributed by atoms with E-state index in [0.29, 0.717) is 5.92 Å². The van der Waals surface area contributed by atoms with Crippen molar-refractivity contribution in [2.75, 3.05) is 7.11 Å². The molecule has 2 N–H and O–H groups in total. The molecule has 0 amide bonds. The van der Waals surface area contributed by atoms with Gasteiger partial charge in [0.15, 0.2) is 0 Å². The van der Waals surface area contributed by atoms with Crippen LogP contribution in [0.5, 0.6) is 5.75 Å². The van der Waals surface area contributed by atoms with Crippen molar-refractivity contribution in [2.45, 2.75) is 19.9 Å². The SMILES string of the molecule is COc1cscc1[C@H](N)C(C)C. The Bertz CT molecular complexity index is 244. The summed E-state index contributed by atoms with van der Waals surface area (Å²) in [5, 5.41) is 4.04. The Balaban J connectivity index is 2.86. The van der Waals surface area contributed by atoms with Gasteiger partial charge in [0.1, 0.15) is 5.75 Å². The molecule has 0 fully saturated rings. The molecule has 12 heavy (non-hydrogen) atoms. The van der Waals surface area contributed by atoms with Crippen LogP contribution in [0.2, 0.25) is 0 Å². The second-order valence-electron chi connectivity index (χ2n) is 3.17. The van der Waals surface area contributed by atoms with Crippen LogP contribution < -0.4 is 10.5 Å². The molecule has 0 aliphatic rings. The average molecular weight is 185 g/mol. The first-order chi connectivity index (χ1) is 5.66. The molecule has 1 aromatic heterocycles. The van der Waals surface area contributed by atoms with Gasteiger partial charge in [-0.1, -0.05) is 13.8 Å². The normalized spacial score (nSPS) is 13.4. The van der Waals surface area contributed by atoms with Gasteiger partial charge in [-0.25, -0.2) is 0 Å². The monoisotopic (exact) mass is 185 g/mol. The van der Waals surface area contributed by atoms with Crippen molar-refractivity contribution >= 4 is 11.3 Å². The van der Waals surface area contributed by atoms with Crippen LogP contribution in [0.25, 0.3) is 0 Å². The average Bonchev–Trinajstić information content (AvgIpc) is 2.49. The van der Waals surface area contributed by atoms with Gasteiger partial charge >= 0.3 is 0 Å². The minimum absolute atomic E-state index is 0.0891. The number of thiophene rings is 1. The molecule has 1 atom stereocenters. The van der Waals surface area contributed by atoms with E-state index in [1.54, 1.807) is 18.4 Å². The fourth-order valence-corrected chi connectivity index (χ4v) is 1.91. The Morgan fingerprint density at radius 3 is 2.58 bits per heavy atom. The zero-order chi connectivity index (χ0) is 9.14. The largest absolute Gasteiger partial charge is 0.496 e. The van der Waals surface area contributed by atoms with E-state index in [-0.39, 0.29) is 6.04 Å². The van der Waals surface area contributed by atoms with E-state index in [2.05, 4.69) is 19.2 Å². The van der Waals surface area contributed by atoms with Crippen LogP contribution in [-0.4, -0.2) is 7.11 Å². The van der Waals surface area contributed by atoms with Crippen LogP contribution in [0.3, 0.4) is 0 Å². The lowest BCUT2D eigenvalue weighted by atomic mass is 9.99. The fraction of sp³-hybridized carbons (Fsp3) is 0.556. The summed E-state index contributed by atoms with van der Waals surface area (Å²) >= 11 is 1.63. The molecule has 1 aromatic rings. The highest BCUT2D eigenvalue weighted by atomic mass is 32.1. The third-order valence-corrected chi connectivity index (χ3v) is 2.69. The molecule has 0 spiro atoms. The molecule has 0 radical (unpaired) electrons. The summed E-state index contributed by atoms with van der Waals surface area (Å²) in [7, 11) is 1.68. The van der Waals surface area contributed by atoms with Crippen molar-refractivity contribution in [3.05, 3.63) is 16.3 Å². The minimum atomic E-state index is 0.0891. The van der Waals surface area contributed by atoms with Gasteiger partial charge < -0.3 is 10.5 Å². The zero-order valence-corrected chi connectivity index (χ0v) is 8.52. The summed E-state index contributed by atoms with van der Waals surface area (Å²) in [6.07, 6.45) is 0. The summed E-state index contributed by atoms with van der Waals surface area (Å²) < 4.78 is 5.19. The lowest BCUT2D eigenvalue weighted by Crippen LogP contribution is -2.16. The second kappa shape index (κ2) is 3.92. The highest BCUT2D eigenvalue weighted by Crippen LogP contribution is 2.31. The highest BCUT2D eigenvalue weighted by Gasteiger charge is 2.15. The van der Waals surface area contributed by atoms with Gasteiger partial charge in [-0.15, -0.1) is 11.3 Å². The molecule has 0 aliphatic carbocycles. The van der Waals surface area contributed by atoms with Crippen LogP contribution in [0, 0.1) is 5.92 Å². The maximum atomic E-state index is 5.99. The van der Waals surface area contributed by atoms with Crippen molar-refractivity contribution in [3.63, 3.8) is 0 Å². The van der Waals surface area contributed by atoms with E-state index < -0.39 is 0 Å². The third kappa shape index (κ3) is 1.79. The lowest BCUT2D eigenvalue weighted by molar-refractivity contribution is 0.399. The summed E-state index contributed by atoms with van der Waals surface area (Å²) in [6, 6.07) is 0.0891. The number of hydrogen-bond donors (Lipinski definition) is 1. The molecule has 68 valence electrons. The summed E-state index contributed by atoms with van der Waals surface area (Å²) in [5.41, 5.74) is 7.11. The van der Waals surface area contributed by atoms with E-state index >= 15 is 0 Å².